The van der Waals surface area contributed by atoms with E-state index in [-0.39, 0.29) is 0 Å². The highest BCUT2D eigenvalue weighted by molar-refractivity contribution is 5.42. The highest BCUT2D eigenvalue weighted by Crippen LogP contribution is 2.29. The monoisotopic (exact) mass is 234 g/mol. The first-order valence-electron chi connectivity index (χ1n) is 6.27. The quantitative estimate of drug-likeness (QED) is 0.842. The van der Waals surface area contributed by atoms with Crippen molar-refractivity contribution in [1.29, 1.82) is 0 Å². The van der Waals surface area contributed by atoms with E-state index < -0.39 is 6.10 Å². The zero-order valence-electron chi connectivity index (χ0n) is 10.0. The van der Waals surface area contributed by atoms with Crippen molar-refractivity contribution in [2.45, 2.75) is 38.1 Å². The second-order valence-electron chi connectivity index (χ2n) is 4.99. The molecule has 3 atom stereocenters. The summed E-state index contributed by atoms with van der Waals surface area (Å²) in [5.41, 5.74) is 0.925. The predicted octanol–water partition coefficient (Wildman–Crippen LogP) is 1.50. The van der Waals surface area contributed by atoms with Gasteiger partial charge in [0.1, 0.15) is 5.82 Å². The Hall–Kier alpha value is -1.13. The molecule has 0 amide bonds. The van der Waals surface area contributed by atoms with Gasteiger partial charge in [0, 0.05) is 19.3 Å². The molecule has 2 unspecified atom stereocenters. The molecule has 1 aromatic heterocycles. The van der Waals surface area contributed by atoms with E-state index in [0.29, 0.717) is 12.2 Å². The molecule has 0 spiro atoms. The van der Waals surface area contributed by atoms with E-state index >= 15 is 0 Å². The summed E-state index contributed by atoms with van der Waals surface area (Å²) in [4.78, 5) is 6.68. The Labute approximate surface area is 101 Å². The van der Waals surface area contributed by atoms with Gasteiger partial charge in [-0.15, -0.1) is 0 Å². The Kier molecular flexibility index (Phi) is 2.76. The number of pyridine rings is 1. The van der Waals surface area contributed by atoms with Gasteiger partial charge in [0.15, 0.2) is 0 Å². The average Bonchev–Trinajstić information content (AvgIpc) is 2.68. The third-order valence-corrected chi connectivity index (χ3v) is 3.62. The maximum Gasteiger partial charge on any atom is 0.129 e. The Morgan fingerprint density at radius 3 is 2.76 bits per heavy atom. The van der Waals surface area contributed by atoms with Crippen molar-refractivity contribution < 1.29 is 9.84 Å². The number of morpholine rings is 1. The highest BCUT2D eigenvalue weighted by atomic mass is 16.5. The fourth-order valence-corrected chi connectivity index (χ4v) is 2.67. The van der Waals surface area contributed by atoms with Gasteiger partial charge in [-0.05, 0) is 37.5 Å². The van der Waals surface area contributed by atoms with Crippen molar-refractivity contribution in [2.24, 2.45) is 0 Å². The molecule has 2 aliphatic heterocycles. The molecular weight excluding hydrogens is 216 g/mol. The molecule has 1 aromatic rings. The average molecular weight is 234 g/mol. The van der Waals surface area contributed by atoms with Crippen LogP contribution in [0.15, 0.2) is 18.3 Å². The molecular formula is C13H18N2O2. The lowest BCUT2D eigenvalue weighted by molar-refractivity contribution is 0.0302. The first-order valence-corrected chi connectivity index (χ1v) is 6.27. The van der Waals surface area contributed by atoms with E-state index in [1.165, 1.54) is 0 Å². The summed E-state index contributed by atoms with van der Waals surface area (Å²) in [6, 6.07) is 3.85. The van der Waals surface area contributed by atoms with Gasteiger partial charge >= 0.3 is 0 Å². The van der Waals surface area contributed by atoms with E-state index in [2.05, 4.69) is 9.88 Å². The number of aliphatic hydroxyl groups excluding tert-OH is 1. The molecule has 3 rings (SSSR count). The summed E-state index contributed by atoms with van der Waals surface area (Å²) in [6.45, 7) is 3.63. The topological polar surface area (TPSA) is 45.6 Å². The van der Waals surface area contributed by atoms with Gasteiger partial charge in [-0.1, -0.05) is 0 Å². The molecule has 0 saturated carbocycles. The third-order valence-electron chi connectivity index (χ3n) is 3.62. The van der Waals surface area contributed by atoms with Crippen LogP contribution in [-0.2, 0) is 4.74 Å². The Balaban J connectivity index is 1.81. The van der Waals surface area contributed by atoms with E-state index in [1.807, 2.05) is 12.1 Å². The molecule has 0 aliphatic carbocycles. The van der Waals surface area contributed by atoms with Crippen molar-refractivity contribution in [1.82, 2.24) is 4.98 Å². The number of fused-ring (bicyclic) bond motifs is 2. The minimum absolute atomic E-state index is 0.366. The van der Waals surface area contributed by atoms with Crippen molar-refractivity contribution in [3.05, 3.63) is 23.9 Å². The molecule has 4 heteroatoms. The number of aromatic nitrogens is 1. The van der Waals surface area contributed by atoms with Crippen molar-refractivity contribution in [3.8, 4) is 0 Å². The van der Waals surface area contributed by atoms with Crippen LogP contribution in [0.25, 0.3) is 0 Å². The normalized spacial score (nSPS) is 29.4. The fourth-order valence-electron chi connectivity index (χ4n) is 2.67. The van der Waals surface area contributed by atoms with Gasteiger partial charge in [-0.25, -0.2) is 4.98 Å². The van der Waals surface area contributed by atoms with Gasteiger partial charge in [0.2, 0.25) is 0 Å². The van der Waals surface area contributed by atoms with Crippen LogP contribution in [-0.4, -0.2) is 35.4 Å². The largest absolute Gasteiger partial charge is 0.389 e. The van der Waals surface area contributed by atoms with Gasteiger partial charge < -0.3 is 14.7 Å². The third kappa shape index (κ3) is 2.15. The molecule has 2 aliphatic rings. The lowest BCUT2D eigenvalue weighted by atomic mass is 10.1. The maximum atomic E-state index is 9.59. The Bertz CT molecular complexity index is 396. The number of anilines is 1. The molecule has 2 bridgehead atoms. The SMILES string of the molecule is C[C@@H](O)c1ccnc(N2CC3CCC(C2)O3)c1. The van der Waals surface area contributed by atoms with Crippen LogP contribution < -0.4 is 4.90 Å². The zero-order valence-corrected chi connectivity index (χ0v) is 10.0. The Morgan fingerprint density at radius 1 is 1.41 bits per heavy atom. The summed E-state index contributed by atoms with van der Waals surface area (Å²) in [6.07, 6.45) is 4.40. The number of hydrogen-bond acceptors (Lipinski definition) is 4. The Morgan fingerprint density at radius 2 is 2.12 bits per heavy atom. The van der Waals surface area contributed by atoms with Crippen LogP contribution in [0, 0.1) is 0 Å². The smallest absolute Gasteiger partial charge is 0.129 e. The number of aliphatic hydroxyl groups is 1. The standard InChI is InChI=1S/C13H18N2O2/c1-9(16)10-4-5-14-13(6-10)15-7-11-2-3-12(8-15)17-11/h4-6,9,11-12,16H,2-3,7-8H2,1H3/t9-,11?,12?/m1/s1. The van der Waals surface area contributed by atoms with Gasteiger partial charge in [-0.3, -0.25) is 0 Å². The predicted molar refractivity (Wildman–Crippen MR) is 65.0 cm³/mol. The van der Waals surface area contributed by atoms with Gasteiger partial charge in [0.25, 0.3) is 0 Å². The van der Waals surface area contributed by atoms with Crippen LogP contribution in [0.2, 0.25) is 0 Å². The van der Waals surface area contributed by atoms with E-state index in [4.69, 9.17) is 4.74 Å². The second-order valence-corrected chi connectivity index (χ2v) is 4.99. The summed E-state index contributed by atoms with van der Waals surface area (Å²) < 4.78 is 5.81. The molecule has 0 radical (unpaired) electrons. The van der Waals surface area contributed by atoms with Crippen LogP contribution in [0.3, 0.4) is 0 Å². The summed E-state index contributed by atoms with van der Waals surface area (Å²) in [7, 11) is 0. The molecule has 0 aromatic carbocycles. The molecule has 1 N–H and O–H groups in total. The van der Waals surface area contributed by atoms with Crippen molar-refractivity contribution in [2.75, 3.05) is 18.0 Å². The number of hydrogen-bond donors (Lipinski definition) is 1. The molecule has 17 heavy (non-hydrogen) atoms. The maximum absolute atomic E-state index is 9.59. The van der Waals surface area contributed by atoms with Gasteiger partial charge in [-0.2, -0.15) is 0 Å². The van der Waals surface area contributed by atoms with E-state index in [1.54, 1.807) is 13.1 Å². The van der Waals surface area contributed by atoms with Crippen molar-refractivity contribution in [3.63, 3.8) is 0 Å². The first-order chi connectivity index (χ1) is 8.22. The molecule has 4 nitrogen and oxygen atoms in total. The lowest BCUT2D eigenvalue weighted by Gasteiger charge is -2.33. The molecule has 3 heterocycles. The fraction of sp³-hybridized carbons (Fsp3) is 0.615. The van der Waals surface area contributed by atoms with Gasteiger partial charge in [0.05, 0.1) is 18.3 Å². The summed E-state index contributed by atoms with van der Waals surface area (Å²) in [5, 5.41) is 9.59. The highest BCUT2D eigenvalue weighted by Gasteiger charge is 2.34. The van der Waals surface area contributed by atoms with E-state index in [9.17, 15) is 5.11 Å². The minimum Gasteiger partial charge on any atom is -0.389 e. The first kappa shape index (κ1) is 11.0. The van der Waals surface area contributed by atoms with Crippen molar-refractivity contribution >= 4 is 5.82 Å². The second kappa shape index (κ2) is 4.27. The molecule has 2 saturated heterocycles. The zero-order chi connectivity index (χ0) is 11.8. The minimum atomic E-state index is -0.436. The van der Waals surface area contributed by atoms with Crippen LogP contribution in [0.4, 0.5) is 5.82 Å². The van der Waals surface area contributed by atoms with Crippen LogP contribution in [0.1, 0.15) is 31.4 Å². The molecule has 2 fully saturated rings. The molecule has 92 valence electrons. The number of nitrogens with zero attached hydrogens (tertiary/aromatic N) is 2. The summed E-state index contributed by atoms with van der Waals surface area (Å²) >= 11 is 0. The summed E-state index contributed by atoms with van der Waals surface area (Å²) in [5.74, 6) is 0.962. The lowest BCUT2D eigenvalue weighted by Crippen LogP contribution is -2.43. The van der Waals surface area contributed by atoms with Crippen LogP contribution >= 0.6 is 0 Å². The van der Waals surface area contributed by atoms with Crippen LogP contribution in [0.5, 0.6) is 0 Å². The number of ether oxygens (including phenoxy) is 1. The van der Waals surface area contributed by atoms with E-state index in [0.717, 1.165) is 37.3 Å². The number of rotatable bonds is 2.